The van der Waals surface area contributed by atoms with Gasteiger partial charge in [0.1, 0.15) is 12.2 Å². The van der Waals surface area contributed by atoms with E-state index in [1.807, 2.05) is 60.7 Å². The Morgan fingerprint density at radius 2 is 0.692 bits per heavy atom. The molecular formula is C54H86BaO10. The van der Waals surface area contributed by atoms with Crippen molar-refractivity contribution in [1.29, 1.82) is 0 Å². The molecule has 4 atom stereocenters. The van der Waals surface area contributed by atoms with Crippen LogP contribution in [0.2, 0.25) is 0 Å². The molecule has 4 unspecified atom stereocenters. The fraction of sp³-hybridized carbons (Fsp3) is 0.704. The summed E-state index contributed by atoms with van der Waals surface area (Å²) in [6, 6.07) is 19.4. The Morgan fingerprint density at radius 1 is 0.415 bits per heavy atom. The summed E-state index contributed by atoms with van der Waals surface area (Å²) in [6.45, 7) is 8.13. The molecule has 0 heterocycles. The third kappa shape index (κ3) is 40.6. The Balaban J connectivity index is 0.00000124. The molecule has 364 valence electrons. The van der Waals surface area contributed by atoms with Gasteiger partial charge in [0.15, 0.2) is 0 Å². The number of benzene rings is 2. The molecule has 0 aliphatic rings. The predicted molar refractivity (Wildman–Crippen MR) is 258 cm³/mol. The molecule has 0 fully saturated rings. The van der Waals surface area contributed by atoms with E-state index in [4.69, 9.17) is 18.9 Å². The van der Waals surface area contributed by atoms with Gasteiger partial charge in [-0.3, -0.25) is 9.59 Å². The zero-order valence-corrected chi connectivity index (χ0v) is 45.5. The molecule has 10 nitrogen and oxygen atoms in total. The maximum absolute atomic E-state index is 11.5. The van der Waals surface area contributed by atoms with Crippen LogP contribution in [0.3, 0.4) is 0 Å². The van der Waals surface area contributed by atoms with E-state index in [-0.39, 0.29) is 85.9 Å². The Kier molecular flexibility index (Phi) is 42.8. The van der Waals surface area contributed by atoms with Gasteiger partial charge in [-0.15, -0.1) is 0 Å². The van der Waals surface area contributed by atoms with Crippen molar-refractivity contribution in [1.82, 2.24) is 0 Å². The fourth-order valence-corrected chi connectivity index (χ4v) is 7.94. The number of carbonyl (C=O) groups is 4. The van der Waals surface area contributed by atoms with Gasteiger partial charge in [0.05, 0.1) is 25.4 Å². The molecule has 0 aromatic heterocycles. The van der Waals surface area contributed by atoms with E-state index < -0.39 is 24.1 Å². The Bertz CT molecular complexity index is 1320. The first-order valence-corrected chi connectivity index (χ1v) is 25.1. The van der Waals surface area contributed by atoms with Crippen molar-refractivity contribution in [3.8, 4) is 0 Å². The maximum atomic E-state index is 11.5. The van der Waals surface area contributed by atoms with Crippen molar-refractivity contribution in [2.24, 2.45) is 0 Å². The standard InChI is InChI=1S/2C27H44O5.Ba/c2*1-3-4-5-6-7-8-9-10-14-18-25(32-23(2)28)19-15-20-26(21-27(29)30)31-22-24-16-12-11-13-17-24;/h2*11-13,16-17,25-26H,3-10,14-15,18-22H2,1-2H3,(H,29,30);/q;;+2/p-2. The zero-order valence-electron chi connectivity index (χ0n) is 41.1. The van der Waals surface area contributed by atoms with Crippen LogP contribution in [0.5, 0.6) is 0 Å². The molecule has 0 amide bonds. The summed E-state index contributed by atoms with van der Waals surface area (Å²) in [7, 11) is 0. The number of carboxylic acids is 2. The number of aliphatic carboxylic acids is 2. The van der Waals surface area contributed by atoms with Crippen LogP contribution in [0.25, 0.3) is 0 Å². The Morgan fingerprint density at radius 3 is 0.985 bits per heavy atom. The van der Waals surface area contributed by atoms with Gasteiger partial charge in [-0.2, -0.15) is 0 Å². The minimum absolute atomic E-state index is 0. The minimum Gasteiger partial charge on any atom is -0.550 e. The van der Waals surface area contributed by atoms with Crippen LogP contribution >= 0.6 is 0 Å². The van der Waals surface area contributed by atoms with E-state index in [1.165, 1.54) is 117 Å². The van der Waals surface area contributed by atoms with E-state index in [9.17, 15) is 29.4 Å². The molecule has 0 aliphatic carbocycles. The molecule has 0 radical (unpaired) electrons. The monoisotopic (exact) mass is 1030 g/mol. The Labute approximate surface area is 434 Å². The van der Waals surface area contributed by atoms with E-state index in [2.05, 4.69) is 13.8 Å². The van der Waals surface area contributed by atoms with Crippen LogP contribution in [-0.4, -0.2) is 97.2 Å². The first-order valence-electron chi connectivity index (χ1n) is 25.1. The molecule has 11 heteroatoms. The van der Waals surface area contributed by atoms with Gasteiger partial charge >= 0.3 is 60.8 Å². The number of hydrogen-bond donors (Lipinski definition) is 0. The van der Waals surface area contributed by atoms with Crippen LogP contribution in [0.15, 0.2) is 60.7 Å². The average Bonchev–Trinajstić information content (AvgIpc) is 3.26. The molecule has 0 aliphatic heterocycles. The van der Waals surface area contributed by atoms with Crippen LogP contribution in [0.4, 0.5) is 0 Å². The molecule has 0 N–H and O–H groups in total. The number of carboxylic acid groups (broad SMARTS) is 2. The van der Waals surface area contributed by atoms with Crippen LogP contribution in [-0.2, 0) is 51.3 Å². The van der Waals surface area contributed by atoms with Crippen molar-refractivity contribution in [3.05, 3.63) is 71.8 Å². The van der Waals surface area contributed by atoms with Gasteiger partial charge in [0.25, 0.3) is 0 Å². The molecule has 0 spiro atoms. The molecule has 2 rings (SSSR count). The summed E-state index contributed by atoms with van der Waals surface area (Å²) < 4.78 is 22.7. The summed E-state index contributed by atoms with van der Waals surface area (Å²) in [5, 5.41) is 22.2. The SMILES string of the molecule is CCCCCCCCCCCC(CCCC(CC(=O)[O-])OCc1ccccc1)OC(C)=O.CCCCCCCCCCCC(CCCC(CC(=O)[O-])OCc1ccccc1)OC(C)=O.[Ba+2]. The van der Waals surface area contributed by atoms with Gasteiger partial charge < -0.3 is 38.7 Å². The largest absolute Gasteiger partial charge is 2.00 e. The van der Waals surface area contributed by atoms with Gasteiger partial charge in [-0.1, -0.05) is 177 Å². The quantitative estimate of drug-likeness (QED) is 0.0358. The van der Waals surface area contributed by atoms with Crippen LogP contribution in [0, 0.1) is 0 Å². The molecule has 65 heavy (non-hydrogen) atoms. The molecule has 0 saturated heterocycles. The number of ether oxygens (including phenoxy) is 4. The number of hydrogen-bond acceptors (Lipinski definition) is 10. The van der Waals surface area contributed by atoms with Crippen molar-refractivity contribution in [2.45, 2.75) is 245 Å². The van der Waals surface area contributed by atoms with Crippen LogP contribution in [0.1, 0.15) is 219 Å². The first kappa shape index (κ1) is 62.8. The van der Waals surface area contributed by atoms with Crippen molar-refractivity contribution in [2.75, 3.05) is 0 Å². The molecule has 2 aromatic rings. The zero-order chi connectivity index (χ0) is 46.9. The van der Waals surface area contributed by atoms with E-state index >= 15 is 0 Å². The number of carbonyl (C=O) groups excluding carboxylic acids is 4. The predicted octanol–water partition coefficient (Wildman–Crippen LogP) is 11.1. The van der Waals surface area contributed by atoms with E-state index in [0.717, 1.165) is 62.5 Å². The van der Waals surface area contributed by atoms with Crippen molar-refractivity contribution >= 4 is 72.8 Å². The number of unbranched alkanes of at least 4 members (excludes halogenated alkanes) is 16. The average molecular weight is 1030 g/mol. The second kappa shape index (κ2) is 44.3. The number of rotatable bonds is 40. The third-order valence-electron chi connectivity index (χ3n) is 11.5. The summed E-state index contributed by atoms with van der Waals surface area (Å²) in [4.78, 5) is 45.2. The first-order chi connectivity index (χ1) is 31.0. The molecule has 0 bridgehead atoms. The third-order valence-corrected chi connectivity index (χ3v) is 11.5. The van der Waals surface area contributed by atoms with Gasteiger partial charge in [-0.05, 0) is 75.3 Å². The summed E-state index contributed by atoms with van der Waals surface area (Å²) in [5.41, 5.74) is 2.03. The molecular weight excluding hydrogens is 946 g/mol. The fourth-order valence-electron chi connectivity index (χ4n) is 7.94. The van der Waals surface area contributed by atoms with Gasteiger partial charge in [-0.25, -0.2) is 0 Å². The van der Waals surface area contributed by atoms with Gasteiger partial charge in [0, 0.05) is 38.6 Å². The van der Waals surface area contributed by atoms with Gasteiger partial charge in [0.2, 0.25) is 0 Å². The normalized spacial score (nSPS) is 12.7. The summed E-state index contributed by atoms with van der Waals surface area (Å²) in [6.07, 6.45) is 27.4. The summed E-state index contributed by atoms with van der Waals surface area (Å²) in [5.74, 6) is -2.71. The topological polar surface area (TPSA) is 151 Å². The van der Waals surface area contributed by atoms with Crippen molar-refractivity contribution in [3.63, 3.8) is 0 Å². The molecule has 2 aromatic carbocycles. The molecule has 0 saturated carbocycles. The second-order valence-electron chi connectivity index (χ2n) is 17.5. The Hall–Kier alpha value is -2.19. The number of esters is 2. The summed E-state index contributed by atoms with van der Waals surface area (Å²) >= 11 is 0. The van der Waals surface area contributed by atoms with E-state index in [0.29, 0.717) is 26.1 Å². The second-order valence-corrected chi connectivity index (χ2v) is 17.5. The minimum atomic E-state index is -1.10. The smallest absolute Gasteiger partial charge is 0.550 e. The van der Waals surface area contributed by atoms with Crippen LogP contribution < -0.4 is 10.2 Å². The van der Waals surface area contributed by atoms with E-state index in [1.54, 1.807) is 0 Å². The maximum Gasteiger partial charge on any atom is 2.00 e. The van der Waals surface area contributed by atoms with Crippen molar-refractivity contribution < 1.29 is 48.3 Å².